The number of likely N-dealkylation sites (tertiary alicyclic amines) is 1. The number of methoxy groups -OCH3 is 1. The average molecular weight is 367 g/mol. The fraction of sp³-hybridized carbons (Fsp3) is 0.696. The van der Waals surface area contributed by atoms with Gasteiger partial charge >= 0.3 is 0 Å². The molecule has 3 aliphatic carbocycles. The second kappa shape index (κ2) is 5.08. The summed E-state index contributed by atoms with van der Waals surface area (Å²) in [5.41, 5.74) is 2.27. The number of benzene rings is 1. The first-order valence-electron chi connectivity index (χ1n) is 10.6. The van der Waals surface area contributed by atoms with Gasteiger partial charge in [-0.25, -0.2) is 0 Å². The van der Waals surface area contributed by atoms with Crippen LogP contribution in [0.4, 0.5) is 0 Å². The first-order chi connectivity index (χ1) is 13.0. The summed E-state index contributed by atoms with van der Waals surface area (Å²) < 4.78 is 12.1. The third-order valence-corrected chi connectivity index (χ3v) is 8.26. The summed E-state index contributed by atoms with van der Waals surface area (Å²) in [5, 5.41) is 0. The van der Waals surface area contributed by atoms with Crippen LogP contribution in [-0.4, -0.2) is 43.0 Å². The molecular formula is C23H29NO3. The van der Waals surface area contributed by atoms with E-state index in [0.717, 1.165) is 43.2 Å². The van der Waals surface area contributed by atoms with Crippen molar-refractivity contribution in [2.45, 2.75) is 63.5 Å². The molecule has 6 rings (SSSR count). The monoisotopic (exact) mass is 367 g/mol. The fourth-order valence-electron chi connectivity index (χ4n) is 6.80. The quantitative estimate of drug-likeness (QED) is 0.821. The molecule has 2 saturated carbocycles. The predicted octanol–water partition coefficient (Wildman–Crippen LogP) is 3.35. The van der Waals surface area contributed by atoms with Gasteiger partial charge in [-0.15, -0.1) is 0 Å². The minimum atomic E-state index is -0.331. The van der Waals surface area contributed by atoms with Crippen LogP contribution in [0.3, 0.4) is 0 Å². The highest BCUT2D eigenvalue weighted by Gasteiger charge is 2.69. The van der Waals surface area contributed by atoms with Gasteiger partial charge in [-0.2, -0.15) is 0 Å². The molecule has 0 amide bonds. The SMILES string of the molecule is COc1ccc2c3c1O[C@H]1C(=O)C(C)(C)C[C@H]4[C@@H](C2)N(CC2CC2)CC[C@]314. The number of hydrogen-bond donors (Lipinski definition) is 0. The Kier molecular flexibility index (Phi) is 3.09. The molecule has 5 aliphatic rings. The lowest BCUT2D eigenvalue weighted by molar-refractivity contribution is -0.153. The zero-order valence-electron chi connectivity index (χ0n) is 16.6. The van der Waals surface area contributed by atoms with Gasteiger partial charge in [0.25, 0.3) is 0 Å². The number of hydrogen-bond acceptors (Lipinski definition) is 4. The van der Waals surface area contributed by atoms with Crippen molar-refractivity contribution in [2.75, 3.05) is 20.2 Å². The number of ketones is 1. The largest absolute Gasteiger partial charge is 0.493 e. The van der Waals surface area contributed by atoms with Crippen molar-refractivity contribution in [1.82, 2.24) is 4.90 Å². The van der Waals surface area contributed by atoms with Gasteiger partial charge in [-0.3, -0.25) is 9.69 Å². The maximum atomic E-state index is 13.5. The average Bonchev–Trinajstić information content (AvgIpc) is 3.38. The standard InChI is InChI=1S/C23H29NO3/c1-22(2)11-15-16-10-14-6-7-17(26-3)19-18(14)23(15,21(27-19)20(22)25)8-9-24(16)12-13-4-5-13/h6-7,13,15-16,21H,4-5,8-12H2,1-3H3/t15-,16+,21-,23-/m0/s1. The van der Waals surface area contributed by atoms with E-state index in [1.54, 1.807) is 7.11 Å². The molecule has 27 heavy (non-hydrogen) atoms. The fourth-order valence-corrected chi connectivity index (χ4v) is 6.80. The molecule has 2 aliphatic heterocycles. The van der Waals surface area contributed by atoms with Crippen molar-refractivity contribution < 1.29 is 14.3 Å². The normalized spacial score (nSPS) is 38.3. The Morgan fingerprint density at radius 3 is 2.85 bits per heavy atom. The van der Waals surface area contributed by atoms with Gasteiger partial charge in [-0.05, 0) is 62.1 Å². The predicted molar refractivity (Wildman–Crippen MR) is 102 cm³/mol. The second-order valence-electron chi connectivity index (χ2n) is 10.2. The molecule has 1 aromatic rings. The van der Waals surface area contributed by atoms with Crippen LogP contribution >= 0.6 is 0 Å². The third-order valence-electron chi connectivity index (χ3n) is 8.26. The van der Waals surface area contributed by atoms with Crippen molar-refractivity contribution in [3.8, 4) is 11.5 Å². The molecule has 0 N–H and O–H groups in total. The zero-order chi connectivity index (χ0) is 18.6. The Bertz CT molecular complexity index is 842. The lowest BCUT2D eigenvalue weighted by Crippen LogP contribution is -2.69. The molecule has 1 spiro atoms. The Hall–Kier alpha value is -1.55. The van der Waals surface area contributed by atoms with Crippen LogP contribution < -0.4 is 9.47 Å². The topological polar surface area (TPSA) is 38.8 Å². The van der Waals surface area contributed by atoms with Gasteiger partial charge in [0, 0.05) is 29.0 Å². The lowest BCUT2D eigenvalue weighted by Gasteiger charge is -2.60. The summed E-state index contributed by atoms with van der Waals surface area (Å²) in [6.07, 6.45) is 5.57. The van der Waals surface area contributed by atoms with E-state index in [0.29, 0.717) is 17.7 Å². The number of piperidine rings is 1. The molecule has 3 fully saturated rings. The van der Waals surface area contributed by atoms with E-state index in [4.69, 9.17) is 9.47 Å². The number of nitrogens with zero attached hydrogens (tertiary/aromatic N) is 1. The van der Waals surface area contributed by atoms with Crippen LogP contribution in [0.1, 0.15) is 50.7 Å². The summed E-state index contributed by atoms with van der Waals surface area (Å²) in [6, 6.07) is 4.82. The Labute approximate surface area is 161 Å². The molecule has 1 aromatic carbocycles. The Morgan fingerprint density at radius 2 is 2.11 bits per heavy atom. The summed E-state index contributed by atoms with van der Waals surface area (Å²) >= 11 is 0. The molecule has 0 radical (unpaired) electrons. The first-order valence-corrected chi connectivity index (χ1v) is 10.6. The van der Waals surface area contributed by atoms with Gasteiger partial charge in [0.05, 0.1) is 7.11 Å². The minimum absolute atomic E-state index is 0.130. The molecule has 2 heterocycles. The summed E-state index contributed by atoms with van der Waals surface area (Å²) in [7, 11) is 1.70. The van der Waals surface area contributed by atoms with E-state index in [1.807, 2.05) is 6.07 Å². The van der Waals surface area contributed by atoms with E-state index in [1.165, 1.54) is 30.5 Å². The van der Waals surface area contributed by atoms with Crippen LogP contribution in [0, 0.1) is 17.3 Å². The van der Waals surface area contributed by atoms with Crippen molar-refractivity contribution in [3.63, 3.8) is 0 Å². The second-order valence-corrected chi connectivity index (χ2v) is 10.2. The molecule has 0 unspecified atom stereocenters. The number of rotatable bonds is 3. The van der Waals surface area contributed by atoms with Gasteiger partial charge in [0.2, 0.25) is 0 Å². The van der Waals surface area contributed by atoms with Gasteiger partial charge in [0.1, 0.15) is 0 Å². The maximum Gasteiger partial charge on any atom is 0.179 e. The van der Waals surface area contributed by atoms with E-state index < -0.39 is 0 Å². The van der Waals surface area contributed by atoms with Crippen molar-refractivity contribution in [3.05, 3.63) is 23.3 Å². The van der Waals surface area contributed by atoms with E-state index in [9.17, 15) is 4.79 Å². The zero-order valence-corrected chi connectivity index (χ0v) is 16.6. The van der Waals surface area contributed by atoms with Gasteiger partial charge in [0.15, 0.2) is 23.4 Å². The Balaban J connectivity index is 1.55. The first kappa shape index (κ1) is 16.4. The minimum Gasteiger partial charge on any atom is -0.493 e. The Morgan fingerprint density at radius 1 is 1.30 bits per heavy atom. The molecule has 144 valence electrons. The smallest absolute Gasteiger partial charge is 0.179 e. The number of carbonyl (C=O) groups is 1. The van der Waals surface area contributed by atoms with Crippen LogP contribution in [0.2, 0.25) is 0 Å². The molecule has 4 atom stereocenters. The molecule has 4 heteroatoms. The number of ether oxygens (including phenoxy) is 2. The molecule has 4 nitrogen and oxygen atoms in total. The van der Waals surface area contributed by atoms with Gasteiger partial charge < -0.3 is 9.47 Å². The highest BCUT2D eigenvalue weighted by molar-refractivity contribution is 5.93. The van der Waals surface area contributed by atoms with Crippen LogP contribution in [0.5, 0.6) is 11.5 Å². The van der Waals surface area contributed by atoms with E-state index in [2.05, 4.69) is 24.8 Å². The molecule has 0 aromatic heterocycles. The third kappa shape index (κ3) is 1.95. The molecular weight excluding hydrogens is 338 g/mol. The molecule has 2 bridgehead atoms. The van der Waals surface area contributed by atoms with E-state index in [-0.39, 0.29) is 16.9 Å². The highest BCUT2D eigenvalue weighted by Crippen LogP contribution is 2.65. The summed E-state index contributed by atoms with van der Waals surface area (Å²) in [4.78, 5) is 16.2. The van der Waals surface area contributed by atoms with Crippen LogP contribution in [0.15, 0.2) is 12.1 Å². The highest BCUT2D eigenvalue weighted by atomic mass is 16.5. The van der Waals surface area contributed by atoms with Crippen molar-refractivity contribution >= 4 is 5.78 Å². The van der Waals surface area contributed by atoms with Crippen molar-refractivity contribution in [2.24, 2.45) is 17.3 Å². The summed E-state index contributed by atoms with van der Waals surface area (Å²) in [5.74, 6) is 3.36. The van der Waals surface area contributed by atoms with E-state index >= 15 is 0 Å². The van der Waals surface area contributed by atoms with Crippen LogP contribution in [-0.2, 0) is 16.6 Å². The number of Topliss-reactive ketones (excluding diaryl/α,β-unsaturated/α-hetero) is 1. The lowest BCUT2D eigenvalue weighted by atomic mass is 9.48. The molecule has 1 saturated heterocycles. The van der Waals surface area contributed by atoms with Crippen LogP contribution in [0.25, 0.3) is 0 Å². The van der Waals surface area contributed by atoms with Gasteiger partial charge in [-0.1, -0.05) is 19.9 Å². The maximum absolute atomic E-state index is 13.5. The summed E-state index contributed by atoms with van der Waals surface area (Å²) in [6.45, 7) is 6.60. The van der Waals surface area contributed by atoms with Crippen molar-refractivity contribution in [1.29, 1.82) is 0 Å². The number of carbonyl (C=O) groups excluding carboxylic acids is 1.